The molecule has 0 saturated carbocycles. The molecular weight excluding hydrogens is 264 g/mol. The lowest BCUT2D eigenvalue weighted by atomic mass is 9.76. The van der Waals surface area contributed by atoms with Crippen LogP contribution in [0.4, 0.5) is 10.5 Å². The minimum atomic E-state index is -0.814. The minimum absolute atomic E-state index is 0.00366. The molecule has 1 unspecified atom stereocenters. The van der Waals surface area contributed by atoms with E-state index in [1.54, 1.807) is 4.90 Å². The Morgan fingerprint density at radius 2 is 2.26 bits per heavy atom. The molecule has 0 bridgehead atoms. The highest BCUT2D eigenvalue weighted by Gasteiger charge is 2.48. The summed E-state index contributed by atoms with van der Waals surface area (Å²) in [5.41, 5.74) is -0.0567. The van der Waals surface area contributed by atoms with Gasteiger partial charge in [0.05, 0.1) is 11.1 Å². The van der Waals surface area contributed by atoms with Crippen LogP contribution >= 0.6 is 11.3 Å². The first-order chi connectivity index (χ1) is 8.95. The van der Waals surface area contributed by atoms with Gasteiger partial charge in [-0.2, -0.15) is 11.3 Å². The van der Waals surface area contributed by atoms with E-state index in [0.29, 0.717) is 13.0 Å². The van der Waals surface area contributed by atoms with Crippen LogP contribution in [-0.2, 0) is 4.79 Å². The van der Waals surface area contributed by atoms with Crippen LogP contribution in [0.15, 0.2) is 16.8 Å². The van der Waals surface area contributed by atoms with E-state index >= 15 is 0 Å². The summed E-state index contributed by atoms with van der Waals surface area (Å²) in [6, 6.07) is 1.60. The summed E-state index contributed by atoms with van der Waals surface area (Å²) in [7, 11) is 0. The van der Waals surface area contributed by atoms with Gasteiger partial charge < -0.3 is 15.3 Å². The molecule has 1 aromatic rings. The average molecular weight is 282 g/mol. The molecule has 1 fully saturated rings. The van der Waals surface area contributed by atoms with Gasteiger partial charge in [-0.05, 0) is 23.8 Å². The zero-order valence-corrected chi connectivity index (χ0v) is 11.9. The van der Waals surface area contributed by atoms with Crippen LogP contribution in [0.5, 0.6) is 0 Å². The Morgan fingerprint density at radius 3 is 2.74 bits per heavy atom. The van der Waals surface area contributed by atoms with Gasteiger partial charge in [0.15, 0.2) is 0 Å². The van der Waals surface area contributed by atoms with Crippen molar-refractivity contribution in [3.63, 3.8) is 0 Å². The third-order valence-electron chi connectivity index (χ3n) is 3.89. The number of aliphatic carboxylic acids is 1. The van der Waals surface area contributed by atoms with E-state index in [2.05, 4.69) is 5.32 Å². The lowest BCUT2D eigenvalue weighted by molar-refractivity contribution is -0.150. The van der Waals surface area contributed by atoms with Crippen LogP contribution in [0.25, 0.3) is 0 Å². The summed E-state index contributed by atoms with van der Waals surface area (Å²) in [5, 5.41) is 15.9. The van der Waals surface area contributed by atoms with Gasteiger partial charge in [0.2, 0.25) is 0 Å². The molecule has 2 N–H and O–H groups in total. The maximum absolute atomic E-state index is 12.1. The fraction of sp³-hybridized carbons (Fsp3) is 0.538. The standard InChI is InChI=1S/C13H18N2O3S/c1-9(2)13(11(16)17)4-5-15(8-13)12(18)14-10-3-6-19-7-10/h3,6-7,9H,4-5,8H2,1-2H3,(H,14,18)(H,16,17). The molecular formula is C13H18N2O3S. The second-order valence-electron chi connectivity index (χ2n) is 5.23. The van der Waals surface area contributed by atoms with Crippen LogP contribution in [0.2, 0.25) is 0 Å². The molecule has 104 valence electrons. The molecule has 2 amide bonds. The molecule has 19 heavy (non-hydrogen) atoms. The zero-order valence-electron chi connectivity index (χ0n) is 11.0. The number of amides is 2. The monoisotopic (exact) mass is 282 g/mol. The molecule has 5 nitrogen and oxygen atoms in total. The highest BCUT2D eigenvalue weighted by Crippen LogP contribution is 2.38. The second kappa shape index (κ2) is 5.21. The summed E-state index contributed by atoms with van der Waals surface area (Å²) in [5.74, 6) is -0.808. The van der Waals surface area contributed by atoms with E-state index in [1.807, 2.05) is 30.7 Å². The van der Waals surface area contributed by atoms with Crippen molar-refractivity contribution in [2.75, 3.05) is 18.4 Å². The van der Waals surface area contributed by atoms with Crippen LogP contribution in [0.3, 0.4) is 0 Å². The summed E-state index contributed by atoms with van der Waals surface area (Å²) < 4.78 is 0. The lowest BCUT2D eigenvalue weighted by Gasteiger charge is -2.28. The SMILES string of the molecule is CC(C)C1(C(=O)O)CCN(C(=O)Nc2ccsc2)C1. The first kappa shape index (κ1) is 13.9. The van der Waals surface area contributed by atoms with Gasteiger partial charge in [0, 0.05) is 18.5 Å². The zero-order chi connectivity index (χ0) is 14.0. The van der Waals surface area contributed by atoms with E-state index in [9.17, 15) is 14.7 Å². The number of nitrogens with one attached hydrogen (secondary N) is 1. The van der Waals surface area contributed by atoms with Gasteiger partial charge in [0.1, 0.15) is 0 Å². The largest absolute Gasteiger partial charge is 0.481 e. The number of nitrogens with zero attached hydrogens (tertiary/aromatic N) is 1. The van der Waals surface area contributed by atoms with E-state index in [1.165, 1.54) is 11.3 Å². The Labute approximate surface area is 116 Å². The van der Waals surface area contributed by atoms with Gasteiger partial charge in [-0.3, -0.25) is 4.79 Å². The maximum Gasteiger partial charge on any atom is 0.321 e. The van der Waals surface area contributed by atoms with Crippen molar-refractivity contribution in [1.29, 1.82) is 0 Å². The van der Waals surface area contributed by atoms with Crippen LogP contribution in [-0.4, -0.2) is 35.1 Å². The predicted octanol–water partition coefficient (Wildman–Crippen LogP) is 2.71. The van der Waals surface area contributed by atoms with Crippen molar-refractivity contribution in [3.8, 4) is 0 Å². The first-order valence-corrected chi connectivity index (χ1v) is 7.21. The molecule has 1 atom stereocenters. The second-order valence-corrected chi connectivity index (χ2v) is 6.01. The first-order valence-electron chi connectivity index (χ1n) is 6.27. The number of carboxylic acids is 1. The van der Waals surface area contributed by atoms with Crippen molar-refractivity contribution in [1.82, 2.24) is 4.90 Å². The molecule has 0 aliphatic carbocycles. The topological polar surface area (TPSA) is 69.6 Å². The van der Waals surface area contributed by atoms with Crippen LogP contribution < -0.4 is 5.32 Å². The maximum atomic E-state index is 12.1. The van der Waals surface area contributed by atoms with E-state index in [0.717, 1.165) is 5.69 Å². The minimum Gasteiger partial charge on any atom is -0.481 e. The molecule has 2 heterocycles. The summed E-state index contributed by atoms with van der Waals surface area (Å²) >= 11 is 1.51. The molecule has 0 aromatic carbocycles. The summed E-state index contributed by atoms with van der Waals surface area (Å²) in [4.78, 5) is 25.2. The van der Waals surface area contributed by atoms with Crippen LogP contribution in [0, 0.1) is 11.3 Å². The fourth-order valence-electron chi connectivity index (χ4n) is 2.44. The molecule has 6 heteroatoms. The van der Waals surface area contributed by atoms with Gasteiger partial charge in [-0.25, -0.2) is 4.79 Å². The number of carbonyl (C=O) groups is 2. The highest BCUT2D eigenvalue weighted by atomic mass is 32.1. The molecule has 1 saturated heterocycles. The molecule has 1 aromatic heterocycles. The highest BCUT2D eigenvalue weighted by molar-refractivity contribution is 7.08. The smallest absolute Gasteiger partial charge is 0.321 e. The Hall–Kier alpha value is -1.56. The lowest BCUT2D eigenvalue weighted by Crippen LogP contribution is -2.41. The Morgan fingerprint density at radius 1 is 1.53 bits per heavy atom. The molecule has 1 aliphatic rings. The number of hydrogen-bond donors (Lipinski definition) is 2. The number of carbonyl (C=O) groups excluding carboxylic acids is 1. The number of thiophene rings is 1. The van der Waals surface area contributed by atoms with Crippen molar-refractivity contribution in [2.24, 2.45) is 11.3 Å². The molecule has 0 radical (unpaired) electrons. The number of anilines is 1. The van der Waals surface area contributed by atoms with E-state index < -0.39 is 11.4 Å². The van der Waals surface area contributed by atoms with E-state index in [-0.39, 0.29) is 18.5 Å². The van der Waals surface area contributed by atoms with Gasteiger partial charge in [-0.15, -0.1) is 0 Å². The van der Waals surface area contributed by atoms with Gasteiger partial charge in [0.25, 0.3) is 0 Å². The van der Waals surface area contributed by atoms with Crippen molar-refractivity contribution in [3.05, 3.63) is 16.8 Å². The molecule has 2 rings (SSSR count). The molecule has 1 aliphatic heterocycles. The Bertz CT molecular complexity index is 472. The van der Waals surface area contributed by atoms with Crippen molar-refractivity contribution < 1.29 is 14.7 Å². The van der Waals surface area contributed by atoms with Crippen molar-refractivity contribution >= 4 is 29.0 Å². The molecule has 0 spiro atoms. The number of hydrogen-bond acceptors (Lipinski definition) is 3. The average Bonchev–Trinajstić information content (AvgIpc) is 2.97. The van der Waals surface area contributed by atoms with E-state index in [4.69, 9.17) is 0 Å². The third-order valence-corrected chi connectivity index (χ3v) is 4.57. The predicted molar refractivity (Wildman–Crippen MR) is 74.4 cm³/mol. The number of rotatable bonds is 3. The Balaban J connectivity index is 2.05. The normalized spacial score (nSPS) is 22.8. The van der Waals surface area contributed by atoms with Gasteiger partial charge in [-0.1, -0.05) is 13.8 Å². The fourth-order valence-corrected chi connectivity index (χ4v) is 3.03. The van der Waals surface area contributed by atoms with Gasteiger partial charge >= 0.3 is 12.0 Å². The number of likely N-dealkylation sites (tertiary alicyclic amines) is 1. The van der Waals surface area contributed by atoms with Crippen LogP contribution in [0.1, 0.15) is 20.3 Å². The number of urea groups is 1. The number of carboxylic acid groups (broad SMARTS) is 1. The summed E-state index contributed by atoms with van der Waals surface area (Å²) in [6.07, 6.45) is 0.511. The third kappa shape index (κ3) is 2.58. The van der Waals surface area contributed by atoms with Crippen molar-refractivity contribution in [2.45, 2.75) is 20.3 Å². The summed E-state index contributed by atoms with van der Waals surface area (Å²) in [6.45, 7) is 4.55. The Kier molecular flexibility index (Phi) is 3.80. The quantitative estimate of drug-likeness (QED) is 0.895.